The smallest absolute Gasteiger partial charge is 0.254 e. The molecular weight excluding hydrogens is 450 g/mol. The number of carbonyl (C=O) groups excluding carboxylic acids is 3. The van der Waals surface area contributed by atoms with Gasteiger partial charge in [0.2, 0.25) is 11.8 Å². The second-order valence-corrected chi connectivity index (χ2v) is 9.76. The van der Waals surface area contributed by atoms with Crippen LogP contribution in [-0.2, 0) is 27.2 Å². The van der Waals surface area contributed by atoms with Crippen LogP contribution in [0.1, 0.15) is 70.6 Å². The highest BCUT2D eigenvalue weighted by Gasteiger charge is 2.30. The molecule has 2 heterocycles. The van der Waals surface area contributed by atoms with Crippen molar-refractivity contribution in [3.8, 4) is 0 Å². The molecule has 7 nitrogen and oxygen atoms in total. The number of hydrogen-bond donors (Lipinski definition) is 2. The number of amides is 3. The van der Waals surface area contributed by atoms with E-state index < -0.39 is 0 Å². The van der Waals surface area contributed by atoms with Crippen molar-refractivity contribution in [2.75, 3.05) is 25.6 Å². The first-order valence-corrected chi connectivity index (χ1v) is 12.6. The van der Waals surface area contributed by atoms with Crippen molar-refractivity contribution < 1.29 is 19.1 Å². The topological polar surface area (TPSA) is 87.7 Å². The zero-order valence-electron chi connectivity index (χ0n) is 19.7. The Morgan fingerprint density at radius 3 is 2.76 bits per heavy atom. The van der Waals surface area contributed by atoms with Gasteiger partial charge in [-0.1, -0.05) is 24.3 Å². The van der Waals surface area contributed by atoms with Crippen molar-refractivity contribution in [3.63, 3.8) is 0 Å². The number of hydrogen-bond acceptors (Lipinski definition) is 5. The van der Waals surface area contributed by atoms with Crippen molar-refractivity contribution in [2.24, 2.45) is 0 Å². The van der Waals surface area contributed by atoms with Gasteiger partial charge in [-0.05, 0) is 54.9 Å². The van der Waals surface area contributed by atoms with Gasteiger partial charge in [0.15, 0.2) is 0 Å². The van der Waals surface area contributed by atoms with Crippen LogP contribution in [0.5, 0.6) is 0 Å². The van der Waals surface area contributed by atoms with E-state index in [9.17, 15) is 14.4 Å². The number of aryl methyl sites for hydroxylation is 1. The molecule has 1 aliphatic carbocycles. The largest absolute Gasteiger partial charge is 0.385 e. The number of carbonyl (C=O) groups is 3. The third kappa shape index (κ3) is 5.23. The summed E-state index contributed by atoms with van der Waals surface area (Å²) in [4.78, 5) is 41.4. The molecule has 4 rings (SSSR count). The minimum absolute atomic E-state index is 0.110. The van der Waals surface area contributed by atoms with Crippen molar-refractivity contribution in [3.05, 3.63) is 57.6 Å². The molecule has 1 unspecified atom stereocenters. The second-order valence-electron chi connectivity index (χ2n) is 8.66. The molecular formula is C26H31N3O4S. The normalized spacial score (nSPS) is 16.5. The average Bonchev–Trinajstić information content (AvgIpc) is 3.19. The highest BCUT2D eigenvalue weighted by molar-refractivity contribution is 7.17. The lowest BCUT2D eigenvalue weighted by Crippen LogP contribution is -2.33. The van der Waals surface area contributed by atoms with Crippen molar-refractivity contribution >= 4 is 40.1 Å². The van der Waals surface area contributed by atoms with Gasteiger partial charge in [0, 0.05) is 38.3 Å². The van der Waals surface area contributed by atoms with Gasteiger partial charge in [-0.15, -0.1) is 11.3 Å². The summed E-state index contributed by atoms with van der Waals surface area (Å²) in [5.41, 5.74) is 3.60. The summed E-state index contributed by atoms with van der Waals surface area (Å²) >= 11 is 1.51. The van der Waals surface area contributed by atoms with Gasteiger partial charge in [-0.2, -0.15) is 0 Å². The Hall–Kier alpha value is -2.97. The van der Waals surface area contributed by atoms with Crippen LogP contribution in [0.2, 0.25) is 0 Å². The van der Waals surface area contributed by atoms with Gasteiger partial charge >= 0.3 is 0 Å². The molecule has 3 amide bonds. The minimum Gasteiger partial charge on any atom is -0.385 e. The highest BCUT2D eigenvalue weighted by Crippen LogP contribution is 2.39. The number of benzene rings is 1. The van der Waals surface area contributed by atoms with Gasteiger partial charge in [-0.3, -0.25) is 14.4 Å². The molecule has 0 saturated heterocycles. The monoisotopic (exact) mass is 481 g/mol. The maximum absolute atomic E-state index is 13.2. The second kappa shape index (κ2) is 11.0. The van der Waals surface area contributed by atoms with E-state index in [1.54, 1.807) is 18.2 Å². The first kappa shape index (κ1) is 24.2. The quantitative estimate of drug-likeness (QED) is 0.551. The molecule has 1 aliphatic heterocycles. The van der Waals surface area contributed by atoms with E-state index >= 15 is 0 Å². The number of nitrogens with one attached hydrogen (secondary N) is 2. The van der Waals surface area contributed by atoms with Crippen LogP contribution in [0, 0.1) is 0 Å². The standard InChI is InChI=1S/C26H31N3O4S/c1-17(30)29-14-12-18-8-3-4-9-19(18)21(29)16-23(31)28-26-24(25(32)27-13-7-15-33-2)20-10-5-6-11-22(20)34-26/h3-4,8-9,12,14,21H,5-7,10-11,13,15-16H2,1-2H3,(H,27,32)(H,28,31). The molecule has 0 bridgehead atoms. The van der Waals surface area contributed by atoms with E-state index in [-0.39, 0.29) is 30.2 Å². The Bertz CT molecular complexity index is 1110. The maximum Gasteiger partial charge on any atom is 0.254 e. The first-order valence-electron chi connectivity index (χ1n) is 11.8. The molecule has 2 aliphatic rings. The number of anilines is 1. The predicted molar refractivity (Wildman–Crippen MR) is 134 cm³/mol. The zero-order valence-corrected chi connectivity index (χ0v) is 20.5. The van der Waals surface area contributed by atoms with Crippen LogP contribution in [-0.4, -0.2) is 42.9 Å². The molecule has 1 aromatic heterocycles. The molecule has 180 valence electrons. The summed E-state index contributed by atoms with van der Waals surface area (Å²) in [6.45, 7) is 2.60. The number of rotatable bonds is 8. The van der Waals surface area contributed by atoms with Crippen molar-refractivity contribution in [1.82, 2.24) is 10.2 Å². The van der Waals surface area contributed by atoms with Crippen LogP contribution in [0.4, 0.5) is 5.00 Å². The van der Waals surface area contributed by atoms with Gasteiger partial charge < -0.3 is 20.3 Å². The lowest BCUT2D eigenvalue weighted by Gasteiger charge is -2.32. The molecule has 0 fully saturated rings. The Morgan fingerprint density at radius 1 is 1.18 bits per heavy atom. The summed E-state index contributed by atoms with van der Waals surface area (Å²) in [6.07, 6.45) is 8.38. The SMILES string of the molecule is COCCCNC(=O)c1c(NC(=O)CC2c3ccccc3C=CN2C(C)=O)sc2c1CCCC2. The number of thiophene rings is 1. The Labute approximate surface area is 204 Å². The Morgan fingerprint density at radius 2 is 1.97 bits per heavy atom. The molecule has 2 aromatic rings. The van der Waals surface area contributed by atoms with E-state index in [1.165, 1.54) is 23.1 Å². The molecule has 1 aromatic carbocycles. The third-order valence-corrected chi connectivity index (χ3v) is 7.52. The lowest BCUT2D eigenvalue weighted by atomic mass is 9.93. The van der Waals surface area contributed by atoms with E-state index in [4.69, 9.17) is 4.74 Å². The maximum atomic E-state index is 13.2. The molecule has 2 N–H and O–H groups in total. The Kier molecular flexibility index (Phi) is 7.80. The summed E-state index contributed by atoms with van der Waals surface area (Å²) in [5.74, 6) is -0.484. The van der Waals surface area contributed by atoms with Gasteiger partial charge in [0.1, 0.15) is 5.00 Å². The van der Waals surface area contributed by atoms with Gasteiger partial charge in [0.05, 0.1) is 18.0 Å². The number of ether oxygens (including phenoxy) is 1. The summed E-state index contributed by atoms with van der Waals surface area (Å²) < 4.78 is 5.06. The molecule has 0 spiro atoms. The molecule has 1 atom stereocenters. The van der Waals surface area contributed by atoms with Crippen molar-refractivity contribution in [2.45, 2.75) is 51.5 Å². The van der Waals surface area contributed by atoms with Crippen LogP contribution >= 0.6 is 11.3 Å². The fraction of sp³-hybridized carbons (Fsp3) is 0.423. The lowest BCUT2D eigenvalue weighted by molar-refractivity contribution is -0.129. The average molecular weight is 482 g/mol. The first-order chi connectivity index (χ1) is 16.5. The minimum atomic E-state index is -0.389. The van der Waals surface area contributed by atoms with E-state index in [0.29, 0.717) is 23.7 Å². The molecule has 34 heavy (non-hydrogen) atoms. The number of methoxy groups -OCH3 is 1. The summed E-state index contributed by atoms with van der Waals surface area (Å²) in [7, 11) is 1.64. The van der Waals surface area contributed by atoms with Crippen LogP contribution in [0.15, 0.2) is 30.5 Å². The summed E-state index contributed by atoms with van der Waals surface area (Å²) in [5, 5.41) is 6.60. The van der Waals surface area contributed by atoms with Gasteiger partial charge in [-0.25, -0.2) is 0 Å². The van der Waals surface area contributed by atoms with Crippen LogP contribution in [0.3, 0.4) is 0 Å². The number of fused-ring (bicyclic) bond motifs is 2. The third-order valence-electron chi connectivity index (χ3n) is 6.31. The fourth-order valence-electron chi connectivity index (χ4n) is 4.67. The van der Waals surface area contributed by atoms with Crippen LogP contribution in [0.25, 0.3) is 6.08 Å². The van der Waals surface area contributed by atoms with E-state index in [1.807, 2.05) is 30.3 Å². The van der Waals surface area contributed by atoms with E-state index in [0.717, 1.165) is 48.8 Å². The zero-order chi connectivity index (χ0) is 24.1. The number of nitrogens with zero attached hydrogens (tertiary/aromatic N) is 1. The fourth-order valence-corrected chi connectivity index (χ4v) is 5.97. The summed E-state index contributed by atoms with van der Waals surface area (Å²) in [6, 6.07) is 7.40. The van der Waals surface area contributed by atoms with E-state index in [2.05, 4.69) is 10.6 Å². The Balaban J connectivity index is 1.54. The van der Waals surface area contributed by atoms with Crippen molar-refractivity contribution in [1.29, 1.82) is 0 Å². The molecule has 0 saturated carbocycles. The van der Waals surface area contributed by atoms with Gasteiger partial charge in [0.25, 0.3) is 5.91 Å². The van der Waals surface area contributed by atoms with Crippen LogP contribution < -0.4 is 10.6 Å². The predicted octanol–water partition coefficient (Wildman–Crippen LogP) is 4.30. The molecule has 8 heteroatoms. The molecule has 0 radical (unpaired) electrons. The highest BCUT2D eigenvalue weighted by atomic mass is 32.1.